The molecule has 2 N–H and O–H groups in total. The molecule has 0 heterocycles. The van der Waals surface area contributed by atoms with Gasteiger partial charge in [-0.05, 0) is 25.1 Å². The van der Waals surface area contributed by atoms with E-state index in [1.165, 1.54) is 12.1 Å². The molecule has 0 saturated carbocycles. The Balaban J connectivity index is 2.44. The molecule has 0 aromatic heterocycles. The largest absolute Gasteiger partial charge is 0.462 e. The number of ether oxygens (including phenoxy) is 2. The summed E-state index contributed by atoms with van der Waals surface area (Å²) < 4.78 is 22.9. The van der Waals surface area contributed by atoms with E-state index in [0.29, 0.717) is 19.6 Å². The maximum absolute atomic E-state index is 12.9. The fourth-order valence-corrected chi connectivity index (χ4v) is 1.25. The van der Waals surface area contributed by atoms with Crippen LogP contribution in [0.5, 0.6) is 0 Å². The molecule has 0 aliphatic carbocycles. The molecule has 0 atom stereocenters. The lowest BCUT2D eigenvalue weighted by Gasteiger charge is -2.07. The lowest BCUT2D eigenvalue weighted by atomic mass is 10.2. The van der Waals surface area contributed by atoms with Crippen LogP contribution in [0.3, 0.4) is 0 Å². The monoisotopic (exact) mass is 241 g/mol. The number of nitrogens with two attached hydrogens (primary N) is 1. The molecule has 0 radical (unpaired) electrons. The Labute approximate surface area is 99.5 Å². The van der Waals surface area contributed by atoms with Crippen LogP contribution in [-0.2, 0) is 9.47 Å². The molecule has 1 aromatic carbocycles. The van der Waals surface area contributed by atoms with E-state index in [1.54, 1.807) is 0 Å². The number of hydrogen-bond acceptors (Lipinski definition) is 4. The Morgan fingerprint density at radius 3 is 2.88 bits per heavy atom. The van der Waals surface area contributed by atoms with Crippen molar-refractivity contribution in [3.05, 3.63) is 29.6 Å². The first-order chi connectivity index (χ1) is 8.15. The quantitative estimate of drug-likeness (QED) is 0.470. The predicted octanol–water partition coefficient (Wildman–Crippen LogP) is 1.99. The molecule has 4 nitrogen and oxygen atoms in total. The molecule has 0 aliphatic heterocycles. The van der Waals surface area contributed by atoms with E-state index >= 15 is 0 Å². The Bertz CT molecular complexity index is 382. The molecule has 0 amide bonds. The van der Waals surface area contributed by atoms with Crippen LogP contribution in [0, 0.1) is 5.82 Å². The standard InChI is InChI=1S/C12H16FNO3/c1-2-16-6-3-7-17-12(15)10-8-9(13)4-5-11(10)14/h4-5,8H,2-3,6-7,14H2,1H3. The van der Waals surface area contributed by atoms with E-state index < -0.39 is 11.8 Å². The highest BCUT2D eigenvalue weighted by Gasteiger charge is 2.11. The summed E-state index contributed by atoms with van der Waals surface area (Å²) in [7, 11) is 0. The third-order valence-electron chi connectivity index (χ3n) is 2.11. The van der Waals surface area contributed by atoms with Gasteiger partial charge in [-0.1, -0.05) is 0 Å². The van der Waals surface area contributed by atoms with Gasteiger partial charge < -0.3 is 15.2 Å². The van der Waals surface area contributed by atoms with Crippen LogP contribution in [0.2, 0.25) is 0 Å². The number of carbonyl (C=O) groups excluding carboxylic acids is 1. The van der Waals surface area contributed by atoms with Gasteiger partial charge in [0.1, 0.15) is 5.82 Å². The molecule has 1 aromatic rings. The second kappa shape index (κ2) is 6.85. The maximum Gasteiger partial charge on any atom is 0.340 e. The summed E-state index contributed by atoms with van der Waals surface area (Å²) >= 11 is 0. The third kappa shape index (κ3) is 4.40. The zero-order chi connectivity index (χ0) is 12.7. The van der Waals surface area contributed by atoms with Gasteiger partial charge in [0.2, 0.25) is 0 Å². The first-order valence-corrected chi connectivity index (χ1v) is 5.45. The summed E-state index contributed by atoms with van der Waals surface area (Å²) in [4.78, 5) is 11.5. The first-order valence-electron chi connectivity index (χ1n) is 5.45. The van der Waals surface area contributed by atoms with Crippen LogP contribution in [-0.4, -0.2) is 25.8 Å². The Hall–Kier alpha value is -1.62. The number of nitrogen functional groups attached to an aromatic ring is 1. The van der Waals surface area contributed by atoms with Crippen molar-refractivity contribution in [2.75, 3.05) is 25.6 Å². The SMILES string of the molecule is CCOCCCOC(=O)c1cc(F)ccc1N. The zero-order valence-electron chi connectivity index (χ0n) is 9.74. The number of carbonyl (C=O) groups is 1. The predicted molar refractivity (Wildman–Crippen MR) is 62.2 cm³/mol. The maximum atomic E-state index is 12.9. The van der Waals surface area contributed by atoms with Crippen LogP contribution in [0.4, 0.5) is 10.1 Å². The van der Waals surface area contributed by atoms with Gasteiger partial charge in [-0.3, -0.25) is 0 Å². The summed E-state index contributed by atoms with van der Waals surface area (Å²) in [5.74, 6) is -1.13. The molecule has 0 unspecified atom stereocenters. The number of rotatable bonds is 6. The zero-order valence-corrected chi connectivity index (χ0v) is 9.74. The Kier molecular flexibility index (Phi) is 5.42. The van der Waals surface area contributed by atoms with Gasteiger partial charge >= 0.3 is 5.97 Å². The minimum absolute atomic E-state index is 0.0569. The van der Waals surface area contributed by atoms with Gasteiger partial charge in [-0.25, -0.2) is 9.18 Å². The molecular weight excluding hydrogens is 225 g/mol. The van der Waals surface area contributed by atoms with Crippen LogP contribution in [0.25, 0.3) is 0 Å². The molecule has 1 rings (SSSR count). The van der Waals surface area contributed by atoms with E-state index in [9.17, 15) is 9.18 Å². The van der Waals surface area contributed by atoms with E-state index in [1.807, 2.05) is 6.92 Å². The van der Waals surface area contributed by atoms with Crippen molar-refractivity contribution >= 4 is 11.7 Å². The van der Waals surface area contributed by atoms with Crippen molar-refractivity contribution in [1.29, 1.82) is 0 Å². The number of benzene rings is 1. The molecule has 17 heavy (non-hydrogen) atoms. The second-order valence-electron chi connectivity index (χ2n) is 3.42. The van der Waals surface area contributed by atoms with E-state index in [0.717, 1.165) is 6.07 Å². The molecule has 94 valence electrons. The molecule has 0 saturated heterocycles. The smallest absolute Gasteiger partial charge is 0.340 e. The summed E-state index contributed by atoms with van der Waals surface area (Å²) in [6.45, 7) is 3.28. The highest BCUT2D eigenvalue weighted by Crippen LogP contribution is 2.14. The highest BCUT2D eigenvalue weighted by molar-refractivity contribution is 5.95. The van der Waals surface area contributed by atoms with Crippen molar-refractivity contribution < 1.29 is 18.7 Å². The normalized spacial score (nSPS) is 10.2. The lowest BCUT2D eigenvalue weighted by Crippen LogP contribution is -2.11. The van der Waals surface area contributed by atoms with Crippen LogP contribution < -0.4 is 5.73 Å². The second-order valence-corrected chi connectivity index (χ2v) is 3.42. The average Bonchev–Trinajstić information content (AvgIpc) is 2.32. The number of hydrogen-bond donors (Lipinski definition) is 1. The lowest BCUT2D eigenvalue weighted by molar-refractivity contribution is 0.0453. The fourth-order valence-electron chi connectivity index (χ4n) is 1.25. The van der Waals surface area contributed by atoms with Crippen molar-refractivity contribution in [3.63, 3.8) is 0 Å². The van der Waals surface area contributed by atoms with Gasteiger partial charge in [-0.15, -0.1) is 0 Å². The van der Waals surface area contributed by atoms with Crippen LogP contribution >= 0.6 is 0 Å². The number of esters is 1. The number of halogens is 1. The van der Waals surface area contributed by atoms with Crippen LogP contribution in [0.15, 0.2) is 18.2 Å². The summed E-state index contributed by atoms with van der Waals surface area (Å²) in [6, 6.07) is 3.60. The van der Waals surface area contributed by atoms with E-state index in [-0.39, 0.29) is 17.9 Å². The van der Waals surface area contributed by atoms with Gasteiger partial charge in [0.15, 0.2) is 0 Å². The Morgan fingerprint density at radius 1 is 1.41 bits per heavy atom. The van der Waals surface area contributed by atoms with Gasteiger partial charge in [-0.2, -0.15) is 0 Å². The van der Waals surface area contributed by atoms with Gasteiger partial charge in [0.05, 0.1) is 12.2 Å². The molecule has 5 heteroatoms. The van der Waals surface area contributed by atoms with Crippen molar-refractivity contribution in [2.45, 2.75) is 13.3 Å². The average molecular weight is 241 g/mol. The fraction of sp³-hybridized carbons (Fsp3) is 0.417. The molecule has 0 bridgehead atoms. The van der Waals surface area contributed by atoms with Crippen molar-refractivity contribution in [3.8, 4) is 0 Å². The topological polar surface area (TPSA) is 61.5 Å². The van der Waals surface area contributed by atoms with Gasteiger partial charge in [0, 0.05) is 25.3 Å². The molecule has 0 fully saturated rings. The van der Waals surface area contributed by atoms with Crippen LogP contribution in [0.1, 0.15) is 23.7 Å². The molecule has 0 spiro atoms. The van der Waals surface area contributed by atoms with E-state index in [2.05, 4.69) is 0 Å². The number of anilines is 1. The van der Waals surface area contributed by atoms with Crippen molar-refractivity contribution in [1.82, 2.24) is 0 Å². The molecule has 0 aliphatic rings. The summed E-state index contributed by atoms with van der Waals surface area (Å²) in [6.07, 6.45) is 0.606. The first kappa shape index (κ1) is 13.4. The minimum atomic E-state index is -0.613. The van der Waals surface area contributed by atoms with Crippen molar-refractivity contribution in [2.24, 2.45) is 0 Å². The van der Waals surface area contributed by atoms with E-state index in [4.69, 9.17) is 15.2 Å². The minimum Gasteiger partial charge on any atom is -0.462 e. The van der Waals surface area contributed by atoms with Gasteiger partial charge in [0.25, 0.3) is 0 Å². The summed E-state index contributed by atoms with van der Waals surface area (Å²) in [5.41, 5.74) is 5.82. The molecular formula is C12H16FNO3. The Morgan fingerprint density at radius 2 is 2.18 bits per heavy atom. The summed E-state index contributed by atoms with van der Waals surface area (Å²) in [5, 5.41) is 0. The third-order valence-corrected chi connectivity index (χ3v) is 2.11. The highest BCUT2D eigenvalue weighted by atomic mass is 19.1.